The molecular formula is C20H27F6N3O7S. The Balaban J connectivity index is 0.000000404. The van der Waals surface area contributed by atoms with Crippen molar-refractivity contribution in [2.24, 2.45) is 0 Å². The lowest BCUT2D eigenvalue weighted by Gasteiger charge is -2.34. The van der Waals surface area contributed by atoms with Crippen LogP contribution in [-0.4, -0.2) is 101 Å². The summed E-state index contributed by atoms with van der Waals surface area (Å²) in [7, 11) is -1.16. The normalized spacial score (nSPS) is 22.2. The molecule has 3 heterocycles. The summed E-state index contributed by atoms with van der Waals surface area (Å²) in [6.07, 6.45) is -4.77. The number of hydrogen-bond donors (Lipinski definition) is 2. The van der Waals surface area contributed by atoms with Crippen molar-refractivity contribution < 1.29 is 59.3 Å². The van der Waals surface area contributed by atoms with Crippen LogP contribution in [0.25, 0.3) is 0 Å². The van der Waals surface area contributed by atoms with Gasteiger partial charge in [-0.25, -0.2) is 18.0 Å². The van der Waals surface area contributed by atoms with Gasteiger partial charge in [-0.1, -0.05) is 6.07 Å². The maximum atomic E-state index is 12.4. The van der Waals surface area contributed by atoms with Gasteiger partial charge in [0.2, 0.25) is 10.0 Å². The van der Waals surface area contributed by atoms with Crippen LogP contribution < -0.4 is 0 Å². The number of ether oxygens (including phenoxy) is 1. The van der Waals surface area contributed by atoms with Crippen LogP contribution in [0.1, 0.15) is 25.3 Å². The fourth-order valence-electron chi connectivity index (χ4n) is 3.66. The Morgan fingerprint density at radius 3 is 2.14 bits per heavy atom. The minimum atomic E-state index is -5.08. The number of aromatic nitrogens is 1. The first-order valence-corrected chi connectivity index (χ1v) is 12.3. The molecule has 0 radical (unpaired) electrons. The number of carboxylic acids is 2. The van der Waals surface area contributed by atoms with Crippen molar-refractivity contribution >= 4 is 22.0 Å². The highest BCUT2D eigenvalue weighted by Crippen LogP contribution is 2.33. The van der Waals surface area contributed by atoms with Crippen LogP contribution in [0.15, 0.2) is 24.5 Å². The Hall–Kier alpha value is -2.50. The van der Waals surface area contributed by atoms with Crippen LogP contribution >= 0.6 is 0 Å². The maximum absolute atomic E-state index is 12.4. The van der Waals surface area contributed by atoms with Crippen LogP contribution in [0.5, 0.6) is 0 Å². The Kier molecular flexibility index (Phi) is 11.7. The van der Waals surface area contributed by atoms with Crippen molar-refractivity contribution in [3.63, 3.8) is 0 Å². The highest BCUT2D eigenvalue weighted by Gasteiger charge is 2.49. The average Bonchev–Trinajstić information content (AvgIpc) is 3.20. The number of alkyl halides is 6. The van der Waals surface area contributed by atoms with Crippen molar-refractivity contribution in [3.05, 3.63) is 30.1 Å². The quantitative estimate of drug-likeness (QED) is 0.514. The van der Waals surface area contributed by atoms with Crippen LogP contribution in [-0.2, 0) is 30.9 Å². The van der Waals surface area contributed by atoms with Crippen LogP contribution in [0, 0.1) is 0 Å². The third-order valence-electron chi connectivity index (χ3n) is 5.38. The van der Waals surface area contributed by atoms with E-state index in [0.717, 1.165) is 31.6 Å². The number of carbonyl (C=O) groups is 2. The van der Waals surface area contributed by atoms with Gasteiger partial charge < -0.3 is 14.9 Å². The third-order valence-corrected chi connectivity index (χ3v) is 7.24. The maximum Gasteiger partial charge on any atom is 0.490 e. The molecule has 2 aliphatic rings. The van der Waals surface area contributed by atoms with E-state index >= 15 is 0 Å². The number of hydrogen-bond acceptors (Lipinski definition) is 7. The Morgan fingerprint density at radius 2 is 1.70 bits per heavy atom. The summed E-state index contributed by atoms with van der Waals surface area (Å²) in [6.45, 7) is 3.69. The van der Waals surface area contributed by atoms with Crippen molar-refractivity contribution in [2.75, 3.05) is 26.0 Å². The molecule has 1 aromatic heterocycles. The highest BCUT2D eigenvalue weighted by molar-refractivity contribution is 7.89. The molecule has 10 nitrogen and oxygen atoms in total. The minimum Gasteiger partial charge on any atom is -0.475 e. The number of likely N-dealkylation sites (N-methyl/N-ethyl adjacent to an activating group) is 1. The lowest BCUT2D eigenvalue weighted by molar-refractivity contribution is -0.193. The molecule has 2 saturated heterocycles. The van der Waals surface area contributed by atoms with E-state index in [2.05, 4.69) is 9.88 Å². The van der Waals surface area contributed by atoms with Gasteiger partial charge in [-0.15, -0.1) is 0 Å². The van der Waals surface area contributed by atoms with E-state index in [1.165, 1.54) is 0 Å². The van der Waals surface area contributed by atoms with Crippen molar-refractivity contribution in [1.82, 2.24) is 14.2 Å². The zero-order valence-corrected chi connectivity index (χ0v) is 20.6. The summed E-state index contributed by atoms with van der Waals surface area (Å²) in [5.41, 5.74) is 1.12. The molecule has 17 heteroatoms. The van der Waals surface area contributed by atoms with Crippen molar-refractivity contribution in [2.45, 2.75) is 56.9 Å². The van der Waals surface area contributed by atoms with Crippen LogP contribution in [0.4, 0.5) is 26.3 Å². The third kappa shape index (κ3) is 10.1. The summed E-state index contributed by atoms with van der Waals surface area (Å²) in [5.74, 6) is -5.37. The van der Waals surface area contributed by atoms with E-state index < -0.39 is 34.3 Å². The minimum absolute atomic E-state index is 0.0185. The van der Waals surface area contributed by atoms with E-state index in [4.69, 9.17) is 24.5 Å². The first kappa shape index (κ1) is 32.5. The summed E-state index contributed by atoms with van der Waals surface area (Å²) in [4.78, 5) is 24.1. The molecule has 0 aromatic carbocycles. The van der Waals surface area contributed by atoms with Gasteiger partial charge in [-0.2, -0.15) is 30.6 Å². The zero-order valence-electron chi connectivity index (χ0n) is 19.7. The fraction of sp³-hybridized carbons (Fsp3) is 0.650. The first-order valence-electron chi connectivity index (χ1n) is 10.7. The lowest BCUT2D eigenvalue weighted by Crippen LogP contribution is -2.46. The van der Waals surface area contributed by atoms with Crippen LogP contribution in [0.2, 0.25) is 0 Å². The molecule has 0 spiro atoms. The summed E-state index contributed by atoms with van der Waals surface area (Å²) in [5, 5.41) is 14.2. The Bertz CT molecular complexity index is 968. The van der Waals surface area contributed by atoms with Crippen LogP contribution in [0.3, 0.4) is 0 Å². The second kappa shape index (κ2) is 13.3. The van der Waals surface area contributed by atoms with Gasteiger partial charge in [0.15, 0.2) is 0 Å². The molecule has 3 rings (SSSR count). The standard InChI is InChI=1S/C16H25N3O3S.2C2HF3O2/c1-3-23(20,21)19-12-15(16-14(19)7-5-9-22-16)18(2)11-13-6-4-8-17-10-13;2*3-2(4,5)1(6)7/h4,6,8,10,14-16H,3,5,7,9,11-12H2,1-2H3;2*(H,6,7)/t14-,15-,16+;;/m0../s1. The van der Waals surface area contributed by atoms with Gasteiger partial charge in [0, 0.05) is 32.1 Å². The number of carboxylic acid groups (broad SMARTS) is 2. The number of aliphatic carboxylic acids is 2. The van der Waals surface area contributed by atoms with Gasteiger partial charge in [-0.05, 0) is 38.4 Å². The van der Waals surface area contributed by atoms with E-state index in [0.29, 0.717) is 6.54 Å². The second-order valence-electron chi connectivity index (χ2n) is 7.96. The Morgan fingerprint density at radius 1 is 1.16 bits per heavy atom. The Labute approximate surface area is 208 Å². The number of fused-ring (bicyclic) bond motifs is 1. The molecule has 0 unspecified atom stereocenters. The number of pyridine rings is 1. The molecule has 0 saturated carbocycles. The van der Waals surface area contributed by atoms with E-state index in [1.807, 2.05) is 25.4 Å². The highest BCUT2D eigenvalue weighted by atomic mass is 32.2. The lowest BCUT2D eigenvalue weighted by atomic mass is 10.0. The van der Waals surface area contributed by atoms with Gasteiger partial charge in [-0.3, -0.25) is 9.88 Å². The number of nitrogens with zero attached hydrogens (tertiary/aromatic N) is 3. The SMILES string of the molecule is CCS(=O)(=O)N1C[C@H](N(C)Cc2cccnc2)[C@@H]2OCCC[C@@H]21.O=C(O)C(F)(F)F.O=C(O)C(F)(F)F. The van der Waals surface area contributed by atoms with E-state index in [9.17, 15) is 34.8 Å². The molecule has 3 atom stereocenters. The smallest absolute Gasteiger partial charge is 0.475 e. The predicted octanol–water partition coefficient (Wildman–Crippen LogP) is 2.36. The zero-order chi connectivity index (χ0) is 28.6. The fourth-order valence-corrected chi connectivity index (χ4v) is 5.01. The molecule has 2 aliphatic heterocycles. The van der Waals surface area contributed by atoms with Gasteiger partial charge in [0.25, 0.3) is 0 Å². The molecule has 37 heavy (non-hydrogen) atoms. The molecule has 2 N–H and O–H groups in total. The van der Waals surface area contributed by atoms with E-state index in [-0.39, 0.29) is 23.9 Å². The molecule has 0 amide bonds. The molecule has 0 aliphatic carbocycles. The average molecular weight is 568 g/mol. The molecule has 212 valence electrons. The topological polar surface area (TPSA) is 137 Å². The number of sulfonamides is 1. The molecular weight excluding hydrogens is 540 g/mol. The summed E-state index contributed by atoms with van der Waals surface area (Å²) in [6, 6.07) is 4.03. The molecule has 2 fully saturated rings. The number of halogens is 6. The second-order valence-corrected chi connectivity index (χ2v) is 10.2. The van der Waals surface area contributed by atoms with E-state index in [1.54, 1.807) is 17.4 Å². The van der Waals surface area contributed by atoms with Gasteiger partial charge >= 0.3 is 24.3 Å². The summed E-state index contributed by atoms with van der Waals surface area (Å²) >= 11 is 0. The van der Waals surface area contributed by atoms with Crippen molar-refractivity contribution in [1.29, 1.82) is 0 Å². The molecule has 1 aromatic rings. The predicted molar refractivity (Wildman–Crippen MR) is 116 cm³/mol. The first-order chi connectivity index (χ1) is 16.9. The largest absolute Gasteiger partial charge is 0.490 e. The monoisotopic (exact) mass is 567 g/mol. The van der Waals surface area contributed by atoms with Gasteiger partial charge in [0.05, 0.1) is 23.9 Å². The molecule has 0 bridgehead atoms. The van der Waals surface area contributed by atoms with Gasteiger partial charge in [0.1, 0.15) is 0 Å². The number of rotatable bonds is 5. The summed E-state index contributed by atoms with van der Waals surface area (Å²) < 4.78 is 96.0. The van der Waals surface area contributed by atoms with Crippen molar-refractivity contribution in [3.8, 4) is 0 Å².